The number of amides is 1. The lowest BCUT2D eigenvalue weighted by atomic mass is 10.0. The summed E-state index contributed by atoms with van der Waals surface area (Å²) in [5.74, 6) is -0.118. The first-order valence-electron chi connectivity index (χ1n) is 8.99. The van der Waals surface area contributed by atoms with E-state index in [0.29, 0.717) is 6.54 Å². The summed E-state index contributed by atoms with van der Waals surface area (Å²) < 4.78 is 15.8. The fraction of sp³-hybridized carbons (Fsp3) is 0.273. The molecule has 6 heteroatoms. The molecule has 0 aliphatic heterocycles. The molecular formula is C22H23NO5. The number of furan rings is 1. The lowest BCUT2D eigenvalue weighted by Crippen LogP contribution is -2.28. The fourth-order valence-corrected chi connectivity index (χ4v) is 2.91. The highest BCUT2D eigenvalue weighted by molar-refractivity contribution is 5.89. The molecule has 146 valence electrons. The first kappa shape index (κ1) is 19.5. The molecule has 0 saturated carbocycles. The van der Waals surface area contributed by atoms with Gasteiger partial charge in [-0.1, -0.05) is 24.3 Å². The summed E-state index contributed by atoms with van der Waals surface area (Å²) in [6.07, 6.45) is 1.62. The van der Waals surface area contributed by atoms with Gasteiger partial charge in [0.2, 0.25) is 0 Å². The Morgan fingerprint density at radius 3 is 2.75 bits per heavy atom. The van der Waals surface area contributed by atoms with E-state index in [1.165, 1.54) is 0 Å². The van der Waals surface area contributed by atoms with Crippen molar-refractivity contribution in [1.82, 2.24) is 5.32 Å². The average molecular weight is 381 g/mol. The highest BCUT2D eigenvalue weighted by atomic mass is 16.5. The molecular weight excluding hydrogens is 358 g/mol. The summed E-state index contributed by atoms with van der Waals surface area (Å²) in [6, 6.07) is 11.3. The van der Waals surface area contributed by atoms with Crippen LogP contribution >= 0.6 is 0 Å². The van der Waals surface area contributed by atoms with E-state index < -0.39 is 5.97 Å². The zero-order valence-electron chi connectivity index (χ0n) is 16.2. The fourth-order valence-electron chi connectivity index (χ4n) is 2.91. The third-order valence-electron chi connectivity index (χ3n) is 4.66. The molecule has 0 unspecified atom stereocenters. The second-order valence-electron chi connectivity index (χ2n) is 6.61. The molecule has 28 heavy (non-hydrogen) atoms. The summed E-state index contributed by atoms with van der Waals surface area (Å²) in [4.78, 5) is 24.0. The van der Waals surface area contributed by atoms with Gasteiger partial charge >= 0.3 is 5.97 Å². The number of benzene rings is 2. The molecule has 0 aliphatic rings. The van der Waals surface area contributed by atoms with Crippen molar-refractivity contribution in [3.63, 3.8) is 0 Å². The normalized spacial score (nSPS) is 10.7. The van der Waals surface area contributed by atoms with Crippen molar-refractivity contribution in [2.45, 2.75) is 26.8 Å². The van der Waals surface area contributed by atoms with E-state index in [2.05, 4.69) is 5.32 Å². The van der Waals surface area contributed by atoms with Gasteiger partial charge in [-0.15, -0.1) is 0 Å². The van der Waals surface area contributed by atoms with Gasteiger partial charge in [0.15, 0.2) is 6.61 Å². The standard InChI is InChI=1S/C22H23NO5/c1-14-7-8-19-17(12-28-22(19)15(14)2)10-21(25)27-13-20(24)23-11-16-5-4-6-18(9-16)26-3/h4-9,12H,10-11,13H2,1-3H3,(H,23,24). The number of ether oxygens (including phenoxy) is 2. The molecule has 6 nitrogen and oxygen atoms in total. The van der Waals surface area contributed by atoms with Gasteiger partial charge in [-0.2, -0.15) is 0 Å². The molecule has 1 heterocycles. The molecule has 1 amide bonds. The van der Waals surface area contributed by atoms with Gasteiger partial charge < -0.3 is 19.2 Å². The van der Waals surface area contributed by atoms with E-state index in [4.69, 9.17) is 13.9 Å². The number of rotatable bonds is 7. The van der Waals surface area contributed by atoms with Crippen LogP contribution in [0.4, 0.5) is 0 Å². The zero-order valence-corrected chi connectivity index (χ0v) is 16.2. The van der Waals surface area contributed by atoms with E-state index in [1.807, 2.05) is 50.2 Å². The second-order valence-corrected chi connectivity index (χ2v) is 6.61. The van der Waals surface area contributed by atoms with Gasteiger partial charge in [0.05, 0.1) is 19.8 Å². The molecule has 3 aromatic rings. The molecule has 0 bridgehead atoms. The van der Waals surface area contributed by atoms with Crippen LogP contribution in [0.3, 0.4) is 0 Å². The van der Waals surface area contributed by atoms with Crippen molar-refractivity contribution in [2.24, 2.45) is 0 Å². The lowest BCUT2D eigenvalue weighted by molar-refractivity contribution is -0.147. The maximum atomic E-state index is 12.1. The van der Waals surface area contributed by atoms with E-state index in [0.717, 1.165) is 39.0 Å². The quantitative estimate of drug-likeness (QED) is 0.634. The molecule has 2 aromatic carbocycles. The monoisotopic (exact) mass is 381 g/mol. The van der Waals surface area contributed by atoms with Gasteiger partial charge in [-0.3, -0.25) is 9.59 Å². The Morgan fingerprint density at radius 1 is 1.14 bits per heavy atom. The minimum absolute atomic E-state index is 0.0542. The van der Waals surface area contributed by atoms with E-state index in [1.54, 1.807) is 13.4 Å². The van der Waals surface area contributed by atoms with Crippen molar-refractivity contribution in [3.05, 3.63) is 64.9 Å². The van der Waals surface area contributed by atoms with Crippen LogP contribution in [-0.2, 0) is 27.3 Å². The number of nitrogens with one attached hydrogen (secondary N) is 1. The summed E-state index contributed by atoms with van der Waals surface area (Å²) in [7, 11) is 1.59. The van der Waals surface area contributed by atoms with Gasteiger partial charge in [-0.05, 0) is 42.7 Å². The molecule has 0 radical (unpaired) electrons. The van der Waals surface area contributed by atoms with Crippen LogP contribution in [0.25, 0.3) is 11.0 Å². The lowest BCUT2D eigenvalue weighted by Gasteiger charge is -2.08. The molecule has 1 aromatic heterocycles. The summed E-state index contributed by atoms with van der Waals surface area (Å²) in [5.41, 5.74) is 4.60. The van der Waals surface area contributed by atoms with Crippen molar-refractivity contribution in [1.29, 1.82) is 0 Å². The van der Waals surface area contributed by atoms with Crippen LogP contribution in [-0.4, -0.2) is 25.6 Å². The summed E-state index contributed by atoms with van der Waals surface area (Å²) in [5, 5.41) is 3.61. The Kier molecular flexibility index (Phi) is 5.99. The predicted octanol–water partition coefficient (Wildman–Crippen LogP) is 3.46. The number of fused-ring (bicyclic) bond motifs is 1. The van der Waals surface area contributed by atoms with Crippen molar-refractivity contribution >= 4 is 22.8 Å². The maximum Gasteiger partial charge on any atom is 0.310 e. The predicted molar refractivity (Wildman–Crippen MR) is 105 cm³/mol. The van der Waals surface area contributed by atoms with Crippen molar-refractivity contribution < 1.29 is 23.5 Å². The van der Waals surface area contributed by atoms with E-state index in [9.17, 15) is 9.59 Å². The number of methoxy groups -OCH3 is 1. The van der Waals surface area contributed by atoms with Crippen LogP contribution in [0.5, 0.6) is 5.75 Å². The smallest absolute Gasteiger partial charge is 0.310 e. The van der Waals surface area contributed by atoms with Crippen LogP contribution in [0.2, 0.25) is 0 Å². The SMILES string of the molecule is COc1cccc(CNC(=O)COC(=O)Cc2coc3c(C)c(C)ccc23)c1. The first-order chi connectivity index (χ1) is 13.5. The Bertz CT molecular complexity index is 1010. The molecule has 0 saturated heterocycles. The van der Waals surface area contributed by atoms with Gasteiger partial charge in [0.1, 0.15) is 11.3 Å². The van der Waals surface area contributed by atoms with Crippen molar-refractivity contribution in [2.75, 3.05) is 13.7 Å². The van der Waals surface area contributed by atoms with Crippen molar-refractivity contribution in [3.8, 4) is 5.75 Å². The van der Waals surface area contributed by atoms with E-state index in [-0.39, 0.29) is 18.9 Å². The minimum Gasteiger partial charge on any atom is -0.497 e. The number of carbonyl (C=O) groups excluding carboxylic acids is 2. The number of hydrogen-bond acceptors (Lipinski definition) is 5. The third-order valence-corrected chi connectivity index (χ3v) is 4.66. The molecule has 0 fully saturated rings. The maximum absolute atomic E-state index is 12.1. The second kappa shape index (κ2) is 8.61. The Morgan fingerprint density at radius 2 is 1.96 bits per heavy atom. The third kappa shape index (κ3) is 4.52. The Balaban J connectivity index is 1.50. The Labute approximate surface area is 163 Å². The van der Waals surface area contributed by atoms with E-state index >= 15 is 0 Å². The molecule has 3 rings (SSSR count). The zero-order chi connectivity index (χ0) is 20.1. The van der Waals surface area contributed by atoms with Gasteiger partial charge in [0.25, 0.3) is 5.91 Å². The number of aryl methyl sites for hydroxylation is 2. The molecule has 0 spiro atoms. The van der Waals surface area contributed by atoms with Crippen LogP contribution in [0.1, 0.15) is 22.3 Å². The molecule has 0 atom stereocenters. The minimum atomic E-state index is -0.475. The summed E-state index contributed by atoms with van der Waals surface area (Å²) in [6.45, 7) is 4.00. The number of hydrogen-bond donors (Lipinski definition) is 1. The van der Waals surface area contributed by atoms with Crippen LogP contribution < -0.4 is 10.1 Å². The number of esters is 1. The first-order valence-corrected chi connectivity index (χ1v) is 8.99. The highest BCUT2D eigenvalue weighted by Crippen LogP contribution is 2.26. The van der Waals surface area contributed by atoms with Gasteiger partial charge in [0, 0.05) is 17.5 Å². The van der Waals surface area contributed by atoms with Gasteiger partial charge in [-0.25, -0.2) is 0 Å². The topological polar surface area (TPSA) is 77.8 Å². The summed E-state index contributed by atoms with van der Waals surface area (Å²) >= 11 is 0. The van der Waals surface area contributed by atoms with Crippen LogP contribution in [0, 0.1) is 13.8 Å². The van der Waals surface area contributed by atoms with Crippen LogP contribution in [0.15, 0.2) is 47.1 Å². The largest absolute Gasteiger partial charge is 0.497 e. The average Bonchev–Trinajstić information content (AvgIpc) is 3.11. The Hall–Kier alpha value is -3.28. The molecule has 1 N–H and O–H groups in total. The molecule has 0 aliphatic carbocycles. The highest BCUT2D eigenvalue weighted by Gasteiger charge is 2.14. The number of carbonyl (C=O) groups is 2.